The van der Waals surface area contributed by atoms with Gasteiger partial charge in [0.25, 0.3) is 5.91 Å². The van der Waals surface area contributed by atoms with Crippen LogP contribution in [-0.4, -0.2) is 20.1 Å². The predicted octanol–water partition coefficient (Wildman–Crippen LogP) is 4.77. The third-order valence-corrected chi connectivity index (χ3v) is 5.11. The Morgan fingerprint density at radius 2 is 1.81 bits per heavy atom. The van der Waals surface area contributed by atoms with Gasteiger partial charge in [0.2, 0.25) is 0 Å². The molecule has 5 nitrogen and oxygen atoms in total. The predicted molar refractivity (Wildman–Crippen MR) is 118 cm³/mol. The molecule has 2 aromatic carbocycles. The van der Waals surface area contributed by atoms with Crippen LogP contribution in [0.25, 0.3) is 6.08 Å². The first-order valence-electron chi connectivity index (χ1n) is 7.50. The zero-order valence-corrected chi connectivity index (χ0v) is 18.7. The van der Waals surface area contributed by atoms with E-state index in [2.05, 4.69) is 50.5 Å². The van der Waals surface area contributed by atoms with Crippen LogP contribution in [-0.2, 0) is 4.79 Å². The monoisotopic (exact) mass is 574 g/mol. The highest BCUT2D eigenvalue weighted by molar-refractivity contribution is 14.1. The summed E-state index contributed by atoms with van der Waals surface area (Å²) in [5.41, 5.74) is 2.26. The molecule has 0 aliphatic rings. The summed E-state index contributed by atoms with van der Waals surface area (Å²) in [6.45, 7) is 1.91. The standard InChI is InChI=1S/C19H16I2N2O3/c1-11-4-5-17(25-2)16(6-11)23-19(24)13(10-22)7-12-8-14(20)18(26-3)15(21)9-12/h4-9H,1-3H3,(H,23,24)/b13-7+. The highest BCUT2D eigenvalue weighted by Crippen LogP contribution is 2.30. The molecule has 134 valence electrons. The zero-order valence-electron chi connectivity index (χ0n) is 14.4. The quantitative estimate of drug-likeness (QED) is 0.318. The molecule has 0 saturated carbocycles. The van der Waals surface area contributed by atoms with Gasteiger partial charge in [-0.3, -0.25) is 4.79 Å². The van der Waals surface area contributed by atoms with E-state index in [0.29, 0.717) is 11.4 Å². The number of amides is 1. The Kier molecular flexibility index (Phi) is 7.28. The molecule has 7 heteroatoms. The molecule has 0 saturated heterocycles. The second kappa shape index (κ2) is 9.23. The summed E-state index contributed by atoms with van der Waals surface area (Å²) in [5.74, 6) is 0.822. The zero-order chi connectivity index (χ0) is 19.3. The van der Waals surface area contributed by atoms with Crippen molar-refractivity contribution in [3.8, 4) is 17.6 Å². The van der Waals surface area contributed by atoms with Crippen LogP contribution in [0.2, 0.25) is 0 Å². The fourth-order valence-electron chi connectivity index (χ4n) is 2.28. The van der Waals surface area contributed by atoms with Crippen LogP contribution in [0.3, 0.4) is 0 Å². The van der Waals surface area contributed by atoms with Gasteiger partial charge in [-0.05, 0) is 93.6 Å². The first kappa shape index (κ1) is 20.5. The number of carbonyl (C=O) groups is 1. The number of methoxy groups -OCH3 is 2. The molecule has 0 heterocycles. The molecule has 0 fully saturated rings. The van der Waals surface area contributed by atoms with Gasteiger partial charge in [-0.15, -0.1) is 0 Å². The summed E-state index contributed by atoms with van der Waals surface area (Å²) in [6, 6.07) is 11.1. The van der Waals surface area contributed by atoms with Gasteiger partial charge in [0.15, 0.2) is 0 Å². The van der Waals surface area contributed by atoms with Gasteiger partial charge < -0.3 is 14.8 Å². The Labute approximate surface area is 179 Å². The average Bonchev–Trinajstić information content (AvgIpc) is 2.59. The molecule has 0 radical (unpaired) electrons. The van der Waals surface area contributed by atoms with E-state index in [9.17, 15) is 10.1 Å². The maximum Gasteiger partial charge on any atom is 0.266 e. The van der Waals surface area contributed by atoms with E-state index < -0.39 is 5.91 Å². The topological polar surface area (TPSA) is 71.3 Å². The van der Waals surface area contributed by atoms with E-state index in [1.165, 1.54) is 7.11 Å². The Hall–Kier alpha value is -1.80. The molecule has 0 aliphatic carbocycles. The largest absolute Gasteiger partial charge is 0.495 e. The first-order valence-corrected chi connectivity index (χ1v) is 9.66. The van der Waals surface area contributed by atoms with Gasteiger partial charge in [-0.2, -0.15) is 5.26 Å². The summed E-state index contributed by atoms with van der Waals surface area (Å²) in [5, 5.41) is 12.2. The minimum absolute atomic E-state index is 0.00493. The number of benzene rings is 2. The molecule has 0 unspecified atom stereocenters. The number of nitrogens with zero attached hydrogens (tertiary/aromatic N) is 1. The van der Waals surface area contributed by atoms with Crippen LogP contribution in [0.5, 0.6) is 11.5 Å². The maximum absolute atomic E-state index is 12.5. The van der Waals surface area contributed by atoms with Gasteiger partial charge in [0, 0.05) is 0 Å². The molecular formula is C19H16I2N2O3. The van der Waals surface area contributed by atoms with Crippen molar-refractivity contribution in [2.75, 3.05) is 19.5 Å². The third kappa shape index (κ3) is 4.88. The number of halogens is 2. The number of anilines is 1. The minimum atomic E-state index is -0.489. The lowest BCUT2D eigenvalue weighted by Gasteiger charge is -2.11. The van der Waals surface area contributed by atoms with Crippen LogP contribution >= 0.6 is 45.2 Å². The van der Waals surface area contributed by atoms with E-state index in [0.717, 1.165) is 24.0 Å². The van der Waals surface area contributed by atoms with Crippen molar-refractivity contribution in [3.63, 3.8) is 0 Å². The molecule has 26 heavy (non-hydrogen) atoms. The lowest BCUT2D eigenvalue weighted by Crippen LogP contribution is -2.14. The molecular weight excluding hydrogens is 558 g/mol. The van der Waals surface area contributed by atoms with E-state index >= 15 is 0 Å². The Morgan fingerprint density at radius 1 is 1.15 bits per heavy atom. The van der Waals surface area contributed by atoms with Crippen molar-refractivity contribution >= 4 is 62.9 Å². The van der Waals surface area contributed by atoms with Crippen LogP contribution in [0.15, 0.2) is 35.9 Å². The number of rotatable bonds is 5. The van der Waals surface area contributed by atoms with E-state index in [1.54, 1.807) is 25.3 Å². The number of nitriles is 1. The van der Waals surface area contributed by atoms with Gasteiger partial charge in [0.05, 0.1) is 27.0 Å². The normalized spacial score (nSPS) is 10.8. The molecule has 0 aromatic heterocycles. The molecule has 0 bridgehead atoms. The Morgan fingerprint density at radius 3 is 2.35 bits per heavy atom. The van der Waals surface area contributed by atoms with E-state index in [1.807, 2.05) is 31.2 Å². The third-order valence-electron chi connectivity index (χ3n) is 3.50. The summed E-state index contributed by atoms with van der Waals surface area (Å²) in [7, 11) is 3.14. The number of nitrogens with one attached hydrogen (secondary N) is 1. The van der Waals surface area contributed by atoms with Crippen molar-refractivity contribution in [2.24, 2.45) is 0 Å². The molecule has 0 aliphatic heterocycles. The van der Waals surface area contributed by atoms with Gasteiger partial charge >= 0.3 is 0 Å². The molecule has 0 atom stereocenters. The van der Waals surface area contributed by atoms with E-state index in [-0.39, 0.29) is 5.57 Å². The number of carbonyl (C=O) groups excluding carboxylic acids is 1. The molecule has 0 spiro atoms. The highest BCUT2D eigenvalue weighted by atomic mass is 127. The van der Waals surface area contributed by atoms with Gasteiger partial charge in [0.1, 0.15) is 23.1 Å². The van der Waals surface area contributed by atoms with Crippen molar-refractivity contribution in [1.82, 2.24) is 0 Å². The average molecular weight is 574 g/mol. The molecule has 2 aromatic rings. The summed E-state index contributed by atoms with van der Waals surface area (Å²) in [6.07, 6.45) is 1.56. The van der Waals surface area contributed by atoms with Crippen molar-refractivity contribution in [1.29, 1.82) is 5.26 Å². The summed E-state index contributed by atoms with van der Waals surface area (Å²) >= 11 is 4.32. The first-order chi connectivity index (χ1) is 12.4. The minimum Gasteiger partial charge on any atom is -0.495 e. The Bertz CT molecular complexity index is 894. The molecule has 1 N–H and O–H groups in total. The van der Waals surface area contributed by atoms with Crippen molar-refractivity contribution < 1.29 is 14.3 Å². The van der Waals surface area contributed by atoms with Gasteiger partial charge in [-0.1, -0.05) is 6.07 Å². The smallest absolute Gasteiger partial charge is 0.266 e. The fraction of sp³-hybridized carbons (Fsp3) is 0.158. The molecule has 1 amide bonds. The van der Waals surface area contributed by atoms with Gasteiger partial charge in [-0.25, -0.2) is 0 Å². The number of aryl methyl sites for hydroxylation is 1. The number of ether oxygens (including phenoxy) is 2. The van der Waals surface area contributed by atoms with Crippen LogP contribution in [0.4, 0.5) is 5.69 Å². The second-order valence-electron chi connectivity index (χ2n) is 5.35. The lowest BCUT2D eigenvalue weighted by atomic mass is 10.1. The maximum atomic E-state index is 12.5. The second-order valence-corrected chi connectivity index (χ2v) is 7.67. The van der Waals surface area contributed by atoms with Crippen molar-refractivity contribution in [2.45, 2.75) is 6.92 Å². The fourth-order valence-corrected chi connectivity index (χ4v) is 4.54. The van der Waals surface area contributed by atoms with Crippen LogP contribution in [0, 0.1) is 25.4 Å². The molecule has 2 rings (SSSR count). The SMILES string of the molecule is COc1ccc(C)cc1NC(=O)/C(C#N)=C/c1cc(I)c(OC)c(I)c1. The van der Waals surface area contributed by atoms with Crippen LogP contribution in [0.1, 0.15) is 11.1 Å². The van der Waals surface area contributed by atoms with Crippen LogP contribution < -0.4 is 14.8 Å². The Balaban J connectivity index is 2.34. The number of hydrogen-bond acceptors (Lipinski definition) is 4. The van der Waals surface area contributed by atoms with E-state index in [4.69, 9.17) is 9.47 Å². The van der Waals surface area contributed by atoms with Crippen molar-refractivity contribution in [3.05, 3.63) is 54.2 Å². The number of hydrogen-bond donors (Lipinski definition) is 1. The highest BCUT2D eigenvalue weighted by Gasteiger charge is 2.14. The lowest BCUT2D eigenvalue weighted by molar-refractivity contribution is -0.112. The summed E-state index contributed by atoms with van der Waals surface area (Å²) < 4.78 is 12.4. The summed E-state index contributed by atoms with van der Waals surface area (Å²) in [4.78, 5) is 12.5.